The van der Waals surface area contributed by atoms with Crippen LogP contribution < -0.4 is 5.32 Å². The molecule has 0 bridgehead atoms. The summed E-state index contributed by atoms with van der Waals surface area (Å²) in [7, 11) is 0. The van der Waals surface area contributed by atoms with Gasteiger partial charge in [0.25, 0.3) is 0 Å². The van der Waals surface area contributed by atoms with Gasteiger partial charge in [0.05, 0.1) is 5.54 Å². The number of benzene rings is 1. The molecule has 4 heteroatoms. The summed E-state index contributed by atoms with van der Waals surface area (Å²) in [6.45, 7) is 7.92. The van der Waals surface area contributed by atoms with Crippen LogP contribution in [0.5, 0.6) is 0 Å². The summed E-state index contributed by atoms with van der Waals surface area (Å²) in [6.07, 6.45) is 1.09. The second-order valence-electron chi connectivity index (χ2n) is 5.53. The van der Waals surface area contributed by atoms with E-state index < -0.39 is 5.54 Å². The molecule has 0 unspecified atom stereocenters. The molecule has 0 radical (unpaired) electrons. The fraction of sp³-hybridized carbons (Fsp3) is 0.533. The zero-order valence-electron chi connectivity index (χ0n) is 11.6. The van der Waals surface area contributed by atoms with Crippen molar-refractivity contribution in [2.75, 3.05) is 26.2 Å². The minimum atomic E-state index is -0.454. The van der Waals surface area contributed by atoms with Gasteiger partial charge in [0, 0.05) is 30.1 Å². The van der Waals surface area contributed by atoms with Gasteiger partial charge in [0.1, 0.15) is 0 Å². The fourth-order valence-corrected chi connectivity index (χ4v) is 2.66. The van der Waals surface area contributed by atoms with Gasteiger partial charge in [0.15, 0.2) is 5.78 Å². The Balaban J connectivity index is 2.17. The molecule has 0 amide bonds. The average Bonchev–Trinajstić information content (AvgIpc) is 2.68. The van der Waals surface area contributed by atoms with Gasteiger partial charge in [-0.1, -0.05) is 12.1 Å². The highest BCUT2D eigenvalue weighted by Gasteiger charge is 2.35. The molecule has 0 saturated carbocycles. The molecule has 0 aliphatic carbocycles. The van der Waals surface area contributed by atoms with Crippen molar-refractivity contribution in [2.24, 2.45) is 0 Å². The number of thiol groups is 1. The van der Waals surface area contributed by atoms with Gasteiger partial charge in [-0.3, -0.25) is 9.69 Å². The first-order valence-electron chi connectivity index (χ1n) is 6.81. The van der Waals surface area contributed by atoms with Gasteiger partial charge < -0.3 is 5.32 Å². The molecule has 0 spiro atoms. The van der Waals surface area contributed by atoms with Crippen molar-refractivity contribution in [2.45, 2.75) is 30.7 Å². The molecule has 1 fully saturated rings. The summed E-state index contributed by atoms with van der Waals surface area (Å²) in [5.41, 5.74) is 0.310. The normalized spacial score (nSPS) is 18.1. The number of nitrogens with zero attached hydrogens (tertiary/aromatic N) is 1. The Morgan fingerprint density at radius 3 is 2.58 bits per heavy atom. The Labute approximate surface area is 120 Å². The smallest absolute Gasteiger partial charge is 0.182 e. The zero-order valence-corrected chi connectivity index (χ0v) is 12.5. The predicted octanol–water partition coefficient (Wildman–Crippen LogP) is 2.23. The summed E-state index contributed by atoms with van der Waals surface area (Å²) in [5.74, 6) is 0.183. The highest BCUT2D eigenvalue weighted by molar-refractivity contribution is 7.80. The molecule has 1 N–H and O–H groups in total. The topological polar surface area (TPSA) is 32.3 Å². The maximum absolute atomic E-state index is 12.7. The predicted molar refractivity (Wildman–Crippen MR) is 81.2 cm³/mol. The van der Waals surface area contributed by atoms with Crippen LogP contribution in [0.3, 0.4) is 0 Å². The van der Waals surface area contributed by atoms with E-state index in [1.165, 1.54) is 0 Å². The second-order valence-corrected chi connectivity index (χ2v) is 6.04. The van der Waals surface area contributed by atoms with Crippen LogP contribution in [0.25, 0.3) is 0 Å². The molecular weight excluding hydrogens is 256 g/mol. The summed E-state index contributed by atoms with van der Waals surface area (Å²) in [6, 6.07) is 7.47. The van der Waals surface area contributed by atoms with Gasteiger partial charge in [-0.25, -0.2) is 0 Å². The number of carbonyl (C=O) groups excluding carboxylic acids is 1. The third-order valence-corrected chi connectivity index (χ3v) is 4.11. The number of rotatable bonds is 3. The molecule has 19 heavy (non-hydrogen) atoms. The van der Waals surface area contributed by atoms with E-state index in [9.17, 15) is 4.79 Å². The van der Waals surface area contributed by atoms with Gasteiger partial charge in [-0.2, -0.15) is 0 Å². The standard InChI is InChI=1S/C15H22N2OS/c1-15(2,17-10-3-8-16-9-11-17)14(18)12-4-6-13(19)7-5-12/h4-7,16,19H,3,8-11H2,1-2H3. The van der Waals surface area contributed by atoms with Crippen LogP contribution in [0.4, 0.5) is 0 Å². The van der Waals surface area contributed by atoms with E-state index in [1.54, 1.807) is 0 Å². The van der Waals surface area contributed by atoms with Gasteiger partial charge in [-0.05, 0) is 38.9 Å². The Kier molecular flexibility index (Phi) is 4.66. The Morgan fingerprint density at radius 1 is 1.21 bits per heavy atom. The van der Waals surface area contributed by atoms with Crippen LogP contribution in [0.2, 0.25) is 0 Å². The lowest BCUT2D eigenvalue weighted by Gasteiger charge is -2.36. The highest BCUT2D eigenvalue weighted by atomic mass is 32.1. The lowest BCUT2D eigenvalue weighted by Crippen LogP contribution is -2.51. The maximum Gasteiger partial charge on any atom is 0.182 e. The molecule has 1 aromatic carbocycles. The summed E-state index contributed by atoms with van der Waals surface area (Å²) in [5, 5.41) is 3.37. The van der Waals surface area contributed by atoms with Crippen molar-refractivity contribution in [1.82, 2.24) is 10.2 Å². The number of hydrogen-bond acceptors (Lipinski definition) is 4. The third-order valence-electron chi connectivity index (χ3n) is 3.82. The van der Waals surface area contributed by atoms with E-state index >= 15 is 0 Å². The van der Waals surface area contributed by atoms with Crippen LogP contribution >= 0.6 is 12.6 Å². The summed E-state index contributed by atoms with van der Waals surface area (Å²) in [4.78, 5) is 15.9. The van der Waals surface area contributed by atoms with Crippen LogP contribution in [0.1, 0.15) is 30.6 Å². The first-order chi connectivity index (χ1) is 9.01. The molecular formula is C15H22N2OS. The van der Waals surface area contributed by atoms with Gasteiger partial charge in [0.2, 0.25) is 0 Å². The van der Waals surface area contributed by atoms with Crippen LogP contribution in [0.15, 0.2) is 29.2 Å². The number of ketones is 1. The molecule has 2 rings (SSSR count). The van der Waals surface area contributed by atoms with Crippen molar-refractivity contribution in [3.05, 3.63) is 29.8 Å². The van der Waals surface area contributed by atoms with Crippen molar-refractivity contribution in [3.63, 3.8) is 0 Å². The molecule has 1 aromatic rings. The van der Waals surface area contributed by atoms with Crippen molar-refractivity contribution in [3.8, 4) is 0 Å². The minimum Gasteiger partial charge on any atom is -0.315 e. The third kappa shape index (κ3) is 3.38. The quantitative estimate of drug-likeness (QED) is 0.657. The maximum atomic E-state index is 12.7. The van der Waals surface area contributed by atoms with E-state index in [-0.39, 0.29) is 5.78 Å². The minimum absolute atomic E-state index is 0.183. The zero-order chi connectivity index (χ0) is 13.9. The van der Waals surface area contributed by atoms with Crippen molar-refractivity contribution >= 4 is 18.4 Å². The Bertz CT molecular complexity index is 434. The van der Waals surface area contributed by atoms with E-state index in [4.69, 9.17) is 0 Å². The molecule has 1 saturated heterocycles. The van der Waals surface area contributed by atoms with Crippen LogP contribution in [-0.2, 0) is 0 Å². The Morgan fingerprint density at radius 2 is 1.89 bits per heavy atom. The molecule has 1 aliphatic heterocycles. The first kappa shape index (κ1) is 14.6. The van der Waals surface area contributed by atoms with E-state index in [0.717, 1.165) is 43.1 Å². The fourth-order valence-electron chi connectivity index (χ4n) is 2.51. The average molecular weight is 278 g/mol. The second kappa shape index (κ2) is 6.07. The number of hydrogen-bond donors (Lipinski definition) is 2. The highest BCUT2D eigenvalue weighted by Crippen LogP contribution is 2.22. The molecule has 1 heterocycles. The van der Waals surface area contributed by atoms with E-state index in [2.05, 4.69) is 22.8 Å². The van der Waals surface area contributed by atoms with Gasteiger partial charge >= 0.3 is 0 Å². The molecule has 0 atom stereocenters. The van der Waals surface area contributed by atoms with Gasteiger partial charge in [-0.15, -0.1) is 12.6 Å². The lowest BCUT2D eigenvalue weighted by molar-refractivity contribution is 0.0658. The van der Waals surface area contributed by atoms with Crippen molar-refractivity contribution < 1.29 is 4.79 Å². The molecule has 0 aromatic heterocycles. The van der Waals surface area contributed by atoms with E-state index in [1.807, 2.05) is 38.1 Å². The Hall–Kier alpha value is -0.840. The van der Waals surface area contributed by atoms with E-state index in [0.29, 0.717) is 0 Å². The SMILES string of the molecule is CC(C)(C(=O)c1ccc(S)cc1)N1CCCNCC1. The number of nitrogens with one attached hydrogen (secondary N) is 1. The summed E-state index contributed by atoms with van der Waals surface area (Å²) < 4.78 is 0. The first-order valence-corrected chi connectivity index (χ1v) is 7.26. The number of Topliss-reactive ketones (excluding diaryl/α,β-unsaturated/α-hetero) is 1. The molecule has 1 aliphatic rings. The van der Waals surface area contributed by atoms with Crippen molar-refractivity contribution in [1.29, 1.82) is 0 Å². The largest absolute Gasteiger partial charge is 0.315 e. The lowest BCUT2D eigenvalue weighted by atomic mass is 9.91. The summed E-state index contributed by atoms with van der Waals surface area (Å²) >= 11 is 4.26. The molecule has 104 valence electrons. The monoisotopic (exact) mass is 278 g/mol. The van der Waals surface area contributed by atoms with Crippen LogP contribution in [-0.4, -0.2) is 42.4 Å². The number of carbonyl (C=O) groups is 1. The van der Waals surface area contributed by atoms with Crippen LogP contribution in [0, 0.1) is 0 Å². The molecule has 3 nitrogen and oxygen atoms in total.